The van der Waals surface area contributed by atoms with Crippen LogP contribution in [0.4, 0.5) is 5.13 Å². The Kier molecular flexibility index (Phi) is 4.28. The fraction of sp³-hybridized carbons (Fsp3) is 0. The second-order valence-electron chi connectivity index (χ2n) is 4.32. The minimum Gasteiger partial charge on any atom is -0.253 e. The molecule has 0 fully saturated rings. The lowest BCUT2D eigenvalue weighted by atomic mass is 10.2. The molecule has 5 heteroatoms. The normalized spacial score (nSPS) is 10.9. The molecule has 0 atom stereocenters. The third-order valence-corrected chi connectivity index (χ3v) is 4.01. The Bertz CT molecular complexity index is 736. The highest BCUT2D eigenvalue weighted by Crippen LogP contribution is 2.28. The summed E-state index contributed by atoms with van der Waals surface area (Å²) < 4.78 is 0. The quantitative estimate of drug-likeness (QED) is 0.549. The lowest BCUT2D eigenvalue weighted by Gasteiger charge is -1.95. The van der Waals surface area contributed by atoms with Gasteiger partial charge in [-0.05, 0) is 23.3 Å². The minimum absolute atomic E-state index is 0.715. The van der Waals surface area contributed by atoms with Crippen molar-refractivity contribution in [3.8, 4) is 10.4 Å². The highest BCUT2D eigenvalue weighted by Gasteiger charge is 2.02. The number of aromatic nitrogens is 1. The van der Waals surface area contributed by atoms with Crippen LogP contribution in [0.15, 0.2) is 65.9 Å². The van der Waals surface area contributed by atoms with Crippen molar-refractivity contribution in [1.82, 2.24) is 4.98 Å². The number of benzene rings is 2. The Hall–Kier alpha value is -2.17. The van der Waals surface area contributed by atoms with Crippen LogP contribution in [-0.2, 0) is 0 Å². The van der Waals surface area contributed by atoms with Crippen LogP contribution in [0, 0.1) is 0 Å². The molecular weight excluding hydrogens is 302 g/mol. The number of hydrogen-bond donors (Lipinski definition) is 1. The number of nitrogens with zero attached hydrogens (tertiary/aromatic N) is 2. The van der Waals surface area contributed by atoms with Gasteiger partial charge in [-0.25, -0.2) is 4.98 Å². The average molecular weight is 314 g/mol. The highest BCUT2D eigenvalue weighted by molar-refractivity contribution is 7.18. The molecule has 1 N–H and O–H groups in total. The van der Waals surface area contributed by atoms with E-state index in [2.05, 4.69) is 27.6 Å². The molecule has 0 aliphatic heterocycles. The lowest BCUT2D eigenvalue weighted by molar-refractivity contribution is 1.29. The van der Waals surface area contributed by atoms with E-state index in [1.165, 1.54) is 0 Å². The van der Waals surface area contributed by atoms with Crippen LogP contribution >= 0.6 is 22.9 Å². The number of halogens is 1. The number of thiazole rings is 1. The smallest absolute Gasteiger partial charge is 0.203 e. The Balaban J connectivity index is 1.66. The van der Waals surface area contributed by atoms with Gasteiger partial charge >= 0.3 is 0 Å². The number of nitrogens with one attached hydrogen (secondary N) is 1. The number of hydrogen-bond acceptors (Lipinski definition) is 4. The van der Waals surface area contributed by atoms with Crippen LogP contribution in [0.25, 0.3) is 10.4 Å². The maximum absolute atomic E-state index is 5.83. The van der Waals surface area contributed by atoms with Gasteiger partial charge in [0.25, 0.3) is 0 Å². The van der Waals surface area contributed by atoms with E-state index < -0.39 is 0 Å². The molecular formula is C16H12ClN3S. The van der Waals surface area contributed by atoms with Gasteiger partial charge in [-0.1, -0.05) is 65.4 Å². The third kappa shape index (κ3) is 3.68. The highest BCUT2D eigenvalue weighted by atomic mass is 35.5. The van der Waals surface area contributed by atoms with Gasteiger partial charge in [0.1, 0.15) is 0 Å². The molecule has 2 aromatic carbocycles. The summed E-state index contributed by atoms with van der Waals surface area (Å²) in [5.74, 6) is 0. The van der Waals surface area contributed by atoms with Gasteiger partial charge in [0.15, 0.2) is 0 Å². The summed E-state index contributed by atoms with van der Waals surface area (Å²) in [6, 6.07) is 17.6. The molecule has 3 aromatic rings. The van der Waals surface area contributed by atoms with E-state index in [1.807, 2.05) is 48.7 Å². The van der Waals surface area contributed by atoms with Crippen LogP contribution in [0.2, 0.25) is 5.02 Å². The summed E-state index contributed by atoms with van der Waals surface area (Å²) in [5, 5.41) is 5.66. The van der Waals surface area contributed by atoms with E-state index in [9.17, 15) is 0 Å². The minimum atomic E-state index is 0.715. The SMILES string of the molecule is Clc1ccc(/C=N\Nc2ncc(-c3ccccc3)s2)cc1. The van der Waals surface area contributed by atoms with Crippen molar-refractivity contribution in [2.45, 2.75) is 0 Å². The Morgan fingerprint density at radius 3 is 2.57 bits per heavy atom. The zero-order valence-corrected chi connectivity index (χ0v) is 12.6. The van der Waals surface area contributed by atoms with E-state index in [0.717, 1.165) is 21.1 Å². The van der Waals surface area contributed by atoms with Crippen molar-refractivity contribution in [3.05, 3.63) is 71.4 Å². The Labute approximate surface area is 131 Å². The van der Waals surface area contributed by atoms with Gasteiger partial charge in [-0.2, -0.15) is 5.10 Å². The summed E-state index contributed by atoms with van der Waals surface area (Å²) in [6.07, 6.45) is 3.58. The zero-order valence-electron chi connectivity index (χ0n) is 11.0. The van der Waals surface area contributed by atoms with E-state index in [1.54, 1.807) is 17.6 Å². The Morgan fingerprint density at radius 2 is 1.81 bits per heavy atom. The summed E-state index contributed by atoms with van der Waals surface area (Å²) in [7, 11) is 0. The van der Waals surface area contributed by atoms with Gasteiger partial charge in [-0.3, -0.25) is 5.43 Å². The Morgan fingerprint density at radius 1 is 1.05 bits per heavy atom. The largest absolute Gasteiger partial charge is 0.253 e. The number of hydrazone groups is 1. The molecule has 0 bridgehead atoms. The summed E-state index contributed by atoms with van der Waals surface area (Å²) in [6.45, 7) is 0. The van der Waals surface area contributed by atoms with Crippen LogP contribution in [0.1, 0.15) is 5.56 Å². The molecule has 0 aliphatic rings. The van der Waals surface area contributed by atoms with E-state index in [-0.39, 0.29) is 0 Å². The first-order chi connectivity index (χ1) is 10.3. The first-order valence-electron chi connectivity index (χ1n) is 6.37. The molecule has 0 aliphatic carbocycles. The molecule has 0 spiro atoms. The van der Waals surface area contributed by atoms with Gasteiger partial charge in [0, 0.05) is 11.2 Å². The van der Waals surface area contributed by atoms with Crippen molar-refractivity contribution in [2.75, 3.05) is 5.43 Å². The van der Waals surface area contributed by atoms with Crippen molar-refractivity contribution < 1.29 is 0 Å². The molecule has 3 nitrogen and oxygen atoms in total. The predicted molar refractivity (Wildman–Crippen MR) is 90.2 cm³/mol. The van der Waals surface area contributed by atoms with Gasteiger partial charge in [0.2, 0.25) is 5.13 Å². The fourth-order valence-corrected chi connectivity index (χ4v) is 2.67. The van der Waals surface area contributed by atoms with Gasteiger partial charge in [-0.15, -0.1) is 0 Å². The molecule has 3 rings (SSSR count). The van der Waals surface area contributed by atoms with E-state index >= 15 is 0 Å². The first kappa shape index (κ1) is 13.8. The first-order valence-corrected chi connectivity index (χ1v) is 7.56. The monoisotopic (exact) mass is 313 g/mol. The van der Waals surface area contributed by atoms with Crippen LogP contribution in [-0.4, -0.2) is 11.2 Å². The second kappa shape index (κ2) is 6.52. The molecule has 0 amide bonds. The lowest BCUT2D eigenvalue weighted by Crippen LogP contribution is -1.89. The molecule has 1 heterocycles. The summed E-state index contributed by atoms with van der Waals surface area (Å²) in [4.78, 5) is 5.42. The van der Waals surface area contributed by atoms with Crippen molar-refractivity contribution >= 4 is 34.3 Å². The molecule has 0 saturated heterocycles. The second-order valence-corrected chi connectivity index (χ2v) is 5.78. The zero-order chi connectivity index (χ0) is 14.5. The maximum atomic E-state index is 5.83. The van der Waals surface area contributed by atoms with E-state index in [4.69, 9.17) is 11.6 Å². The van der Waals surface area contributed by atoms with E-state index in [0.29, 0.717) is 5.02 Å². The van der Waals surface area contributed by atoms with Gasteiger partial charge < -0.3 is 0 Å². The van der Waals surface area contributed by atoms with Crippen LogP contribution in [0.5, 0.6) is 0 Å². The standard InChI is InChI=1S/C16H12ClN3S/c17-14-8-6-12(7-9-14)10-19-20-16-18-11-15(21-16)13-4-2-1-3-5-13/h1-11H,(H,18,20)/b19-10-. The number of rotatable bonds is 4. The molecule has 104 valence electrons. The molecule has 1 aromatic heterocycles. The molecule has 0 radical (unpaired) electrons. The van der Waals surface area contributed by atoms with Crippen molar-refractivity contribution in [2.24, 2.45) is 5.10 Å². The average Bonchev–Trinajstić information content (AvgIpc) is 2.99. The molecule has 0 saturated carbocycles. The van der Waals surface area contributed by atoms with Crippen LogP contribution < -0.4 is 5.43 Å². The summed E-state index contributed by atoms with van der Waals surface area (Å²) in [5.41, 5.74) is 5.08. The van der Waals surface area contributed by atoms with Gasteiger partial charge in [0.05, 0.1) is 11.1 Å². The topological polar surface area (TPSA) is 37.3 Å². The third-order valence-electron chi connectivity index (χ3n) is 2.81. The van der Waals surface area contributed by atoms with Crippen molar-refractivity contribution in [3.63, 3.8) is 0 Å². The van der Waals surface area contributed by atoms with Crippen LogP contribution in [0.3, 0.4) is 0 Å². The van der Waals surface area contributed by atoms with Crippen molar-refractivity contribution in [1.29, 1.82) is 0 Å². The predicted octanol–water partition coefficient (Wildman–Crippen LogP) is 4.91. The fourth-order valence-electron chi connectivity index (χ4n) is 1.77. The molecule has 0 unspecified atom stereocenters. The number of anilines is 1. The molecule has 21 heavy (non-hydrogen) atoms. The maximum Gasteiger partial charge on any atom is 0.203 e. The summed E-state index contributed by atoms with van der Waals surface area (Å²) >= 11 is 7.40.